The second-order valence-electron chi connectivity index (χ2n) is 7.38. The van der Waals surface area contributed by atoms with Gasteiger partial charge in [-0.05, 0) is 54.1 Å². The molecule has 0 bridgehead atoms. The molecule has 0 saturated carbocycles. The van der Waals surface area contributed by atoms with Crippen molar-refractivity contribution < 1.29 is 13.9 Å². The van der Waals surface area contributed by atoms with Crippen molar-refractivity contribution >= 4 is 11.0 Å². The van der Waals surface area contributed by atoms with Crippen LogP contribution in [0.15, 0.2) is 107 Å². The molecule has 162 valence electrons. The Hall–Kier alpha value is -4.45. The fourth-order valence-corrected chi connectivity index (χ4v) is 3.41. The van der Waals surface area contributed by atoms with Gasteiger partial charge in [-0.25, -0.2) is 0 Å². The number of ether oxygens (including phenoxy) is 2. The molecule has 33 heavy (non-hydrogen) atoms. The van der Waals surface area contributed by atoms with Crippen LogP contribution in [-0.2, 0) is 13.2 Å². The summed E-state index contributed by atoms with van der Waals surface area (Å²) in [7, 11) is 0. The molecule has 0 aliphatic rings. The summed E-state index contributed by atoms with van der Waals surface area (Å²) in [6, 6.07) is 23.9. The van der Waals surface area contributed by atoms with Gasteiger partial charge in [-0.3, -0.25) is 14.8 Å². The van der Waals surface area contributed by atoms with Crippen LogP contribution >= 0.6 is 0 Å². The van der Waals surface area contributed by atoms with Gasteiger partial charge in [0.15, 0.2) is 5.43 Å². The smallest absolute Gasteiger partial charge is 0.200 e. The number of nitrogens with zero attached hydrogens (tertiary/aromatic N) is 2. The maximum absolute atomic E-state index is 13.1. The molecule has 2 aromatic carbocycles. The number of hydrogen-bond acceptors (Lipinski definition) is 6. The quantitative estimate of drug-likeness (QED) is 0.340. The van der Waals surface area contributed by atoms with Crippen LogP contribution in [0.25, 0.3) is 22.1 Å². The Labute approximate surface area is 190 Å². The van der Waals surface area contributed by atoms with Gasteiger partial charge in [0, 0.05) is 18.5 Å². The van der Waals surface area contributed by atoms with Gasteiger partial charge in [-0.1, -0.05) is 24.3 Å². The summed E-state index contributed by atoms with van der Waals surface area (Å²) < 4.78 is 17.3. The fraction of sp³-hybridized carbons (Fsp3) is 0.0741. The minimum atomic E-state index is -0.102. The predicted molar refractivity (Wildman–Crippen MR) is 125 cm³/mol. The van der Waals surface area contributed by atoms with Gasteiger partial charge in [0.05, 0.1) is 22.3 Å². The maximum atomic E-state index is 13.1. The van der Waals surface area contributed by atoms with E-state index in [-0.39, 0.29) is 5.43 Å². The molecule has 0 atom stereocenters. The first kappa shape index (κ1) is 20.5. The molecule has 3 aromatic heterocycles. The van der Waals surface area contributed by atoms with E-state index in [9.17, 15) is 4.79 Å². The third-order valence-corrected chi connectivity index (χ3v) is 5.14. The first-order valence-electron chi connectivity index (χ1n) is 10.5. The summed E-state index contributed by atoms with van der Waals surface area (Å²) >= 11 is 0. The van der Waals surface area contributed by atoms with E-state index in [1.165, 1.54) is 6.26 Å². The molecule has 6 nitrogen and oxygen atoms in total. The Balaban J connectivity index is 1.32. The first-order chi connectivity index (χ1) is 16.3. The molecule has 0 aliphatic carbocycles. The number of fused-ring (bicyclic) bond motifs is 1. The van der Waals surface area contributed by atoms with Crippen molar-refractivity contribution in [1.29, 1.82) is 0 Å². The molecule has 0 fully saturated rings. The lowest BCUT2D eigenvalue weighted by atomic mass is 10.1. The van der Waals surface area contributed by atoms with Gasteiger partial charge < -0.3 is 13.9 Å². The van der Waals surface area contributed by atoms with Crippen molar-refractivity contribution in [3.63, 3.8) is 0 Å². The Bertz CT molecular complexity index is 1420. The van der Waals surface area contributed by atoms with Crippen LogP contribution in [-0.4, -0.2) is 9.97 Å². The molecule has 0 radical (unpaired) electrons. The molecule has 0 N–H and O–H groups in total. The average Bonchev–Trinajstić information content (AvgIpc) is 2.88. The molecule has 3 heterocycles. The van der Waals surface area contributed by atoms with E-state index in [1.54, 1.807) is 30.6 Å². The summed E-state index contributed by atoms with van der Waals surface area (Å²) in [5.74, 6) is 1.31. The summed E-state index contributed by atoms with van der Waals surface area (Å²) in [6.07, 6.45) is 4.94. The van der Waals surface area contributed by atoms with Gasteiger partial charge in [-0.2, -0.15) is 0 Å². The number of benzene rings is 2. The molecule has 0 saturated heterocycles. The Kier molecular flexibility index (Phi) is 5.80. The van der Waals surface area contributed by atoms with Crippen LogP contribution in [0, 0.1) is 0 Å². The van der Waals surface area contributed by atoms with E-state index in [1.807, 2.05) is 60.7 Å². The third kappa shape index (κ3) is 4.75. The van der Waals surface area contributed by atoms with E-state index >= 15 is 0 Å². The molecule has 0 amide bonds. The minimum absolute atomic E-state index is 0.102. The number of pyridine rings is 2. The molecule has 0 spiro atoms. The highest BCUT2D eigenvalue weighted by atomic mass is 16.5. The van der Waals surface area contributed by atoms with Crippen molar-refractivity contribution in [3.8, 4) is 22.6 Å². The third-order valence-electron chi connectivity index (χ3n) is 5.14. The molecular weight excluding hydrogens is 416 g/mol. The van der Waals surface area contributed by atoms with Crippen LogP contribution in [0.4, 0.5) is 0 Å². The van der Waals surface area contributed by atoms with E-state index in [2.05, 4.69) is 9.97 Å². The zero-order chi connectivity index (χ0) is 22.5. The van der Waals surface area contributed by atoms with E-state index < -0.39 is 0 Å². The van der Waals surface area contributed by atoms with Crippen molar-refractivity contribution in [2.45, 2.75) is 13.2 Å². The lowest BCUT2D eigenvalue weighted by Crippen LogP contribution is -2.05. The van der Waals surface area contributed by atoms with Gasteiger partial charge in [0.25, 0.3) is 0 Å². The van der Waals surface area contributed by atoms with Crippen LogP contribution in [0.5, 0.6) is 11.5 Å². The summed E-state index contributed by atoms with van der Waals surface area (Å²) in [4.78, 5) is 21.5. The van der Waals surface area contributed by atoms with Crippen molar-refractivity contribution in [2.24, 2.45) is 0 Å². The van der Waals surface area contributed by atoms with Crippen LogP contribution in [0.1, 0.15) is 11.4 Å². The average molecular weight is 436 g/mol. The largest absolute Gasteiger partial charge is 0.487 e. The number of rotatable bonds is 7. The van der Waals surface area contributed by atoms with Crippen molar-refractivity contribution in [1.82, 2.24) is 9.97 Å². The zero-order valence-corrected chi connectivity index (χ0v) is 17.7. The van der Waals surface area contributed by atoms with Crippen LogP contribution < -0.4 is 14.9 Å². The fourth-order valence-electron chi connectivity index (χ4n) is 3.41. The van der Waals surface area contributed by atoms with Crippen molar-refractivity contribution in [2.75, 3.05) is 0 Å². The molecule has 5 rings (SSSR count). The van der Waals surface area contributed by atoms with E-state index in [4.69, 9.17) is 13.9 Å². The van der Waals surface area contributed by atoms with Gasteiger partial charge in [-0.15, -0.1) is 0 Å². The maximum Gasteiger partial charge on any atom is 0.200 e. The highest BCUT2D eigenvalue weighted by molar-refractivity contribution is 5.82. The normalized spacial score (nSPS) is 10.8. The summed E-state index contributed by atoms with van der Waals surface area (Å²) in [6.45, 7) is 0.715. The number of hydrogen-bond donors (Lipinski definition) is 0. The van der Waals surface area contributed by atoms with Gasteiger partial charge >= 0.3 is 0 Å². The molecule has 6 heteroatoms. The molecule has 5 aromatic rings. The highest BCUT2D eigenvalue weighted by Gasteiger charge is 2.11. The SMILES string of the molecule is O=c1c(-c2ccc(OCc3ccccn3)cc2)coc2cc(OCc3ccccn3)ccc12. The Morgan fingerprint density at radius 3 is 2.00 bits per heavy atom. The number of aromatic nitrogens is 2. The standard InChI is InChI=1S/C27H20N2O4/c30-27-24-12-11-23(32-17-21-6-2-4-14-29-21)15-26(24)33-18-25(27)19-7-9-22(10-8-19)31-16-20-5-1-3-13-28-20/h1-15,18H,16-17H2. The highest BCUT2D eigenvalue weighted by Crippen LogP contribution is 2.25. The lowest BCUT2D eigenvalue weighted by Gasteiger charge is -2.08. The summed E-state index contributed by atoms with van der Waals surface area (Å²) in [5.41, 5.74) is 3.28. The molecule has 0 aliphatic heterocycles. The summed E-state index contributed by atoms with van der Waals surface area (Å²) in [5, 5.41) is 0.494. The van der Waals surface area contributed by atoms with Crippen LogP contribution in [0.2, 0.25) is 0 Å². The minimum Gasteiger partial charge on any atom is -0.487 e. The monoisotopic (exact) mass is 436 g/mol. The second kappa shape index (κ2) is 9.36. The molecular formula is C27H20N2O4. The molecule has 0 unspecified atom stereocenters. The van der Waals surface area contributed by atoms with Gasteiger partial charge in [0.2, 0.25) is 0 Å². The van der Waals surface area contributed by atoms with Crippen LogP contribution in [0.3, 0.4) is 0 Å². The van der Waals surface area contributed by atoms with E-state index in [0.717, 1.165) is 17.0 Å². The lowest BCUT2D eigenvalue weighted by molar-refractivity contribution is 0.301. The van der Waals surface area contributed by atoms with Gasteiger partial charge in [0.1, 0.15) is 36.6 Å². The predicted octanol–water partition coefficient (Wildman–Crippen LogP) is 5.41. The first-order valence-corrected chi connectivity index (χ1v) is 10.5. The Morgan fingerprint density at radius 1 is 0.727 bits per heavy atom. The Morgan fingerprint density at radius 2 is 1.36 bits per heavy atom. The second-order valence-corrected chi connectivity index (χ2v) is 7.38. The van der Waals surface area contributed by atoms with E-state index in [0.29, 0.717) is 41.2 Å². The topological polar surface area (TPSA) is 74.5 Å². The van der Waals surface area contributed by atoms with Crippen molar-refractivity contribution in [3.05, 3.63) is 119 Å². The zero-order valence-electron chi connectivity index (χ0n) is 17.7.